The number of nitrogens with zero attached hydrogens (tertiary/aromatic N) is 1. The molecular weight excluding hydrogens is 416 g/mol. The quantitative estimate of drug-likeness (QED) is 0.539. The second kappa shape index (κ2) is 9.75. The lowest BCUT2D eigenvalue weighted by Crippen LogP contribution is -2.39. The summed E-state index contributed by atoms with van der Waals surface area (Å²) in [5.41, 5.74) is 2.95. The lowest BCUT2D eigenvalue weighted by Gasteiger charge is -2.35. The van der Waals surface area contributed by atoms with E-state index in [1.165, 1.54) is 4.88 Å². The van der Waals surface area contributed by atoms with Crippen LogP contribution in [-0.4, -0.2) is 37.1 Å². The third kappa shape index (κ3) is 4.76. The molecular formula is C24H25ClN2O2S. The van der Waals surface area contributed by atoms with Crippen molar-refractivity contribution in [2.75, 3.05) is 31.6 Å². The molecule has 4 nitrogen and oxygen atoms in total. The summed E-state index contributed by atoms with van der Waals surface area (Å²) in [7, 11) is 0. The smallest absolute Gasteiger partial charge is 0.256 e. The Morgan fingerprint density at radius 2 is 1.83 bits per heavy atom. The standard InChI is InChI=1S/C24H25ClN2O2S/c1-2-20-16-21(24(30-20)26-23(28)18-6-4-3-5-7-18)22(27-12-14-29-15-13-27)17-8-10-19(25)11-9-17/h3-11,16,22H,2,12-15H2,1H3,(H,26,28)/t22-/m0/s1. The minimum atomic E-state index is -0.0850. The highest BCUT2D eigenvalue weighted by atomic mass is 35.5. The van der Waals surface area contributed by atoms with Gasteiger partial charge in [-0.25, -0.2) is 0 Å². The van der Waals surface area contributed by atoms with Crippen molar-refractivity contribution in [3.05, 3.63) is 87.3 Å². The first-order valence-corrected chi connectivity index (χ1v) is 11.4. The molecule has 1 N–H and O–H groups in total. The number of amides is 1. The summed E-state index contributed by atoms with van der Waals surface area (Å²) in [6.45, 7) is 5.25. The summed E-state index contributed by atoms with van der Waals surface area (Å²) in [6.07, 6.45) is 0.926. The molecule has 0 radical (unpaired) electrons. The highest BCUT2D eigenvalue weighted by molar-refractivity contribution is 7.16. The second-order valence-electron chi connectivity index (χ2n) is 7.27. The maximum atomic E-state index is 12.9. The number of halogens is 1. The van der Waals surface area contributed by atoms with E-state index in [1.54, 1.807) is 11.3 Å². The molecule has 1 aliphatic heterocycles. The van der Waals surface area contributed by atoms with Crippen LogP contribution in [0.2, 0.25) is 5.02 Å². The molecule has 6 heteroatoms. The molecule has 1 aliphatic rings. The number of ether oxygens (including phenoxy) is 1. The third-order valence-corrected chi connectivity index (χ3v) is 6.78. The zero-order valence-electron chi connectivity index (χ0n) is 16.9. The number of anilines is 1. The molecule has 30 heavy (non-hydrogen) atoms. The van der Waals surface area contributed by atoms with E-state index in [2.05, 4.69) is 35.3 Å². The van der Waals surface area contributed by atoms with Gasteiger partial charge in [0.1, 0.15) is 5.00 Å². The van der Waals surface area contributed by atoms with Crippen LogP contribution in [0.5, 0.6) is 0 Å². The molecule has 2 heterocycles. The minimum Gasteiger partial charge on any atom is -0.379 e. The van der Waals surface area contributed by atoms with E-state index in [1.807, 2.05) is 42.5 Å². The average molecular weight is 441 g/mol. The number of nitrogens with one attached hydrogen (secondary N) is 1. The average Bonchev–Trinajstić information content (AvgIpc) is 3.19. The monoisotopic (exact) mass is 440 g/mol. The molecule has 0 unspecified atom stereocenters. The summed E-state index contributed by atoms with van der Waals surface area (Å²) in [5, 5.41) is 4.81. The lowest BCUT2D eigenvalue weighted by molar-refractivity contribution is 0.0241. The largest absolute Gasteiger partial charge is 0.379 e. The van der Waals surface area contributed by atoms with Gasteiger partial charge in [0.05, 0.1) is 19.3 Å². The topological polar surface area (TPSA) is 41.6 Å². The van der Waals surface area contributed by atoms with Gasteiger partial charge in [0.15, 0.2) is 0 Å². The Kier molecular flexibility index (Phi) is 6.85. The van der Waals surface area contributed by atoms with Gasteiger partial charge in [-0.3, -0.25) is 9.69 Å². The summed E-state index contributed by atoms with van der Waals surface area (Å²) in [6, 6.07) is 19.6. The van der Waals surface area contributed by atoms with Crippen molar-refractivity contribution in [2.24, 2.45) is 0 Å². The number of thiophene rings is 1. The van der Waals surface area contributed by atoms with Crippen molar-refractivity contribution >= 4 is 33.8 Å². The Hall–Kier alpha value is -2.18. The summed E-state index contributed by atoms with van der Waals surface area (Å²) < 4.78 is 5.59. The van der Waals surface area contributed by atoms with E-state index in [4.69, 9.17) is 16.3 Å². The Bertz CT molecular complexity index is 982. The number of rotatable bonds is 6. The Labute approximate surface area is 186 Å². The van der Waals surface area contributed by atoms with Crippen molar-refractivity contribution in [1.29, 1.82) is 0 Å². The molecule has 0 bridgehead atoms. The lowest BCUT2D eigenvalue weighted by atomic mass is 9.97. The number of carbonyl (C=O) groups is 1. The Morgan fingerprint density at radius 3 is 2.50 bits per heavy atom. The van der Waals surface area contributed by atoms with Gasteiger partial charge in [0.25, 0.3) is 5.91 Å². The van der Waals surface area contributed by atoms with Crippen LogP contribution in [0.25, 0.3) is 0 Å². The van der Waals surface area contributed by atoms with Crippen molar-refractivity contribution in [2.45, 2.75) is 19.4 Å². The molecule has 1 amide bonds. The van der Waals surface area contributed by atoms with E-state index in [-0.39, 0.29) is 11.9 Å². The number of carbonyl (C=O) groups excluding carboxylic acids is 1. The SMILES string of the molecule is CCc1cc([C@H](c2ccc(Cl)cc2)N2CCOCC2)c(NC(=O)c2ccccc2)s1. The van der Waals surface area contributed by atoms with Crippen LogP contribution < -0.4 is 5.32 Å². The molecule has 0 spiro atoms. The fourth-order valence-electron chi connectivity index (χ4n) is 3.77. The summed E-state index contributed by atoms with van der Waals surface area (Å²) in [4.78, 5) is 16.6. The van der Waals surface area contributed by atoms with Gasteiger partial charge in [-0.05, 0) is 42.3 Å². The third-order valence-electron chi connectivity index (χ3n) is 5.31. The van der Waals surface area contributed by atoms with Crippen molar-refractivity contribution in [3.63, 3.8) is 0 Å². The maximum Gasteiger partial charge on any atom is 0.256 e. The van der Waals surface area contributed by atoms with Crippen molar-refractivity contribution < 1.29 is 9.53 Å². The summed E-state index contributed by atoms with van der Waals surface area (Å²) in [5.74, 6) is -0.0850. The van der Waals surface area contributed by atoms with Crippen LogP contribution in [0.1, 0.15) is 39.3 Å². The Balaban J connectivity index is 1.73. The fourth-order valence-corrected chi connectivity index (χ4v) is 4.92. The van der Waals surface area contributed by atoms with Crippen LogP contribution >= 0.6 is 22.9 Å². The molecule has 1 saturated heterocycles. The molecule has 1 atom stereocenters. The molecule has 3 aromatic rings. The highest BCUT2D eigenvalue weighted by Crippen LogP contribution is 2.40. The molecule has 1 fully saturated rings. The van der Waals surface area contributed by atoms with E-state index in [9.17, 15) is 4.79 Å². The molecule has 156 valence electrons. The van der Waals surface area contributed by atoms with Crippen LogP contribution in [0, 0.1) is 0 Å². The first-order chi connectivity index (χ1) is 14.7. The molecule has 0 aliphatic carbocycles. The minimum absolute atomic E-state index is 0.0359. The van der Waals surface area contributed by atoms with Gasteiger partial charge in [-0.1, -0.05) is 48.9 Å². The predicted octanol–water partition coefficient (Wildman–Crippen LogP) is 5.64. The zero-order chi connectivity index (χ0) is 20.9. The van der Waals surface area contributed by atoms with Gasteiger partial charge in [-0.2, -0.15) is 0 Å². The van der Waals surface area contributed by atoms with Crippen molar-refractivity contribution in [1.82, 2.24) is 4.90 Å². The van der Waals surface area contributed by atoms with Gasteiger partial charge in [-0.15, -0.1) is 11.3 Å². The summed E-state index contributed by atoms with van der Waals surface area (Å²) >= 11 is 7.81. The van der Waals surface area contributed by atoms with Gasteiger partial charge < -0.3 is 10.1 Å². The highest BCUT2D eigenvalue weighted by Gasteiger charge is 2.28. The number of morpholine rings is 1. The molecule has 2 aromatic carbocycles. The number of hydrogen-bond acceptors (Lipinski definition) is 4. The molecule has 0 saturated carbocycles. The van der Waals surface area contributed by atoms with Crippen LogP contribution in [0.15, 0.2) is 60.7 Å². The molecule has 1 aromatic heterocycles. The maximum absolute atomic E-state index is 12.9. The normalized spacial score (nSPS) is 15.7. The van der Waals surface area contributed by atoms with Crippen molar-refractivity contribution in [3.8, 4) is 0 Å². The first kappa shape index (κ1) is 21.1. The molecule has 4 rings (SSSR count). The van der Waals surface area contributed by atoms with E-state index in [0.717, 1.165) is 40.7 Å². The Morgan fingerprint density at radius 1 is 1.13 bits per heavy atom. The zero-order valence-corrected chi connectivity index (χ0v) is 18.5. The predicted molar refractivity (Wildman–Crippen MR) is 124 cm³/mol. The van der Waals surface area contributed by atoms with Gasteiger partial charge in [0.2, 0.25) is 0 Å². The van der Waals surface area contributed by atoms with Crippen LogP contribution in [0.4, 0.5) is 5.00 Å². The van der Waals surface area contributed by atoms with E-state index < -0.39 is 0 Å². The number of aryl methyl sites for hydroxylation is 1. The fraction of sp³-hybridized carbons (Fsp3) is 0.292. The van der Waals surface area contributed by atoms with E-state index >= 15 is 0 Å². The van der Waals surface area contributed by atoms with Gasteiger partial charge >= 0.3 is 0 Å². The second-order valence-corrected chi connectivity index (χ2v) is 8.85. The van der Waals surface area contributed by atoms with Gasteiger partial charge in [0, 0.05) is 34.1 Å². The van der Waals surface area contributed by atoms with Crippen LogP contribution in [0.3, 0.4) is 0 Å². The van der Waals surface area contributed by atoms with Crippen LogP contribution in [-0.2, 0) is 11.2 Å². The first-order valence-electron chi connectivity index (χ1n) is 10.2. The number of benzene rings is 2. The number of hydrogen-bond donors (Lipinski definition) is 1. The van der Waals surface area contributed by atoms with E-state index in [0.29, 0.717) is 18.8 Å².